The van der Waals surface area contributed by atoms with Crippen molar-refractivity contribution in [2.45, 2.75) is 0 Å². The molecule has 0 aliphatic heterocycles. The number of amides is 1. The van der Waals surface area contributed by atoms with Crippen LogP contribution in [0.2, 0.25) is 0 Å². The zero-order valence-electron chi connectivity index (χ0n) is 15.5. The molecular formula is C22H14N2O5S. The third kappa shape index (κ3) is 3.68. The molecule has 0 atom stereocenters. The fourth-order valence-corrected chi connectivity index (χ4v) is 3.70. The molecule has 148 valence electrons. The van der Waals surface area contributed by atoms with E-state index in [0.717, 1.165) is 16.4 Å². The molecule has 0 radical (unpaired) electrons. The van der Waals surface area contributed by atoms with Gasteiger partial charge >= 0.3 is 5.63 Å². The van der Waals surface area contributed by atoms with Crippen LogP contribution < -0.4 is 15.7 Å². The van der Waals surface area contributed by atoms with Gasteiger partial charge in [0.25, 0.3) is 5.91 Å². The third-order valence-electron chi connectivity index (χ3n) is 4.39. The van der Waals surface area contributed by atoms with Crippen molar-refractivity contribution in [3.8, 4) is 17.2 Å². The molecule has 0 unspecified atom stereocenters. The molecule has 0 aliphatic rings. The largest absolute Gasteiger partial charge is 0.484 e. The fraction of sp³-hybridized carbons (Fsp3) is 0.0455. The topological polar surface area (TPSA) is 94.6 Å². The summed E-state index contributed by atoms with van der Waals surface area (Å²) in [4.78, 5) is 28.0. The monoisotopic (exact) mass is 418 g/mol. The van der Waals surface area contributed by atoms with Crippen LogP contribution >= 0.6 is 11.3 Å². The number of thiazole rings is 1. The van der Waals surface area contributed by atoms with Crippen molar-refractivity contribution < 1.29 is 18.4 Å². The smallest absolute Gasteiger partial charge is 0.336 e. The van der Waals surface area contributed by atoms with E-state index in [2.05, 4.69) is 10.3 Å². The summed E-state index contributed by atoms with van der Waals surface area (Å²) in [6.45, 7) is -0.206. The van der Waals surface area contributed by atoms with Gasteiger partial charge in [-0.15, -0.1) is 11.3 Å². The van der Waals surface area contributed by atoms with Gasteiger partial charge in [0.15, 0.2) is 17.5 Å². The van der Waals surface area contributed by atoms with Crippen molar-refractivity contribution in [3.05, 3.63) is 76.5 Å². The number of hydrogen-bond acceptors (Lipinski definition) is 7. The van der Waals surface area contributed by atoms with Crippen LogP contribution in [-0.2, 0) is 4.79 Å². The molecule has 3 aromatic heterocycles. The van der Waals surface area contributed by atoms with Gasteiger partial charge in [-0.05, 0) is 30.3 Å². The summed E-state index contributed by atoms with van der Waals surface area (Å²) in [5.74, 6) is 0.714. The lowest BCUT2D eigenvalue weighted by Gasteiger charge is -2.06. The van der Waals surface area contributed by atoms with E-state index in [0.29, 0.717) is 27.9 Å². The molecular weight excluding hydrogens is 404 g/mol. The Labute approximate surface area is 173 Å². The second kappa shape index (κ2) is 7.49. The second-order valence-electron chi connectivity index (χ2n) is 6.48. The van der Waals surface area contributed by atoms with Crippen LogP contribution in [0, 0.1) is 0 Å². The zero-order valence-corrected chi connectivity index (χ0v) is 16.3. The van der Waals surface area contributed by atoms with Gasteiger partial charge in [0.2, 0.25) is 0 Å². The molecule has 0 spiro atoms. The predicted molar refractivity (Wildman–Crippen MR) is 114 cm³/mol. The standard InChI is InChI=1S/C22H14N2O5S/c25-20(11-27-15-7-5-13-6-8-21(26)29-18(13)10-15)24-22-23-16(12-30-22)19-9-14-3-1-2-4-17(14)28-19/h1-10,12H,11H2,(H,23,24,25). The summed E-state index contributed by atoms with van der Waals surface area (Å²) in [6, 6.07) is 17.7. The number of anilines is 1. The number of nitrogens with one attached hydrogen (secondary N) is 1. The molecule has 1 N–H and O–H groups in total. The van der Waals surface area contributed by atoms with Crippen LogP contribution in [0.5, 0.6) is 5.75 Å². The third-order valence-corrected chi connectivity index (χ3v) is 5.15. The number of aromatic nitrogens is 1. The number of nitrogens with zero attached hydrogens (tertiary/aromatic N) is 1. The van der Waals surface area contributed by atoms with E-state index < -0.39 is 5.63 Å². The molecule has 7 nitrogen and oxygen atoms in total. The van der Waals surface area contributed by atoms with E-state index in [1.165, 1.54) is 17.4 Å². The van der Waals surface area contributed by atoms with Crippen LogP contribution in [-0.4, -0.2) is 17.5 Å². The number of rotatable bonds is 5. The summed E-state index contributed by atoms with van der Waals surface area (Å²) in [7, 11) is 0. The van der Waals surface area contributed by atoms with E-state index in [4.69, 9.17) is 13.6 Å². The first kappa shape index (κ1) is 18.1. The van der Waals surface area contributed by atoms with Gasteiger partial charge in [-0.2, -0.15) is 0 Å². The Morgan fingerprint density at radius 2 is 1.87 bits per heavy atom. The summed E-state index contributed by atoms with van der Waals surface area (Å²) in [5.41, 5.74) is 1.39. The first-order valence-electron chi connectivity index (χ1n) is 9.05. The molecule has 30 heavy (non-hydrogen) atoms. The highest BCUT2D eigenvalue weighted by Crippen LogP contribution is 2.30. The summed E-state index contributed by atoms with van der Waals surface area (Å²) in [5, 5.41) is 6.74. The Hall–Kier alpha value is -3.91. The normalized spacial score (nSPS) is 11.1. The highest BCUT2D eigenvalue weighted by molar-refractivity contribution is 7.14. The fourth-order valence-electron chi connectivity index (χ4n) is 2.99. The molecule has 0 saturated heterocycles. The first-order valence-corrected chi connectivity index (χ1v) is 9.93. The lowest BCUT2D eigenvalue weighted by atomic mass is 10.2. The minimum absolute atomic E-state index is 0.206. The summed E-state index contributed by atoms with van der Waals surface area (Å²) >= 11 is 1.30. The molecule has 8 heteroatoms. The van der Waals surface area contributed by atoms with Gasteiger partial charge in [-0.1, -0.05) is 18.2 Å². The Bertz CT molecular complexity index is 1400. The maximum atomic E-state index is 12.2. The number of carbonyl (C=O) groups is 1. The van der Waals surface area contributed by atoms with Crippen molar-refractivity contribution in [1.29, 1.82) is 0 Å². The lowest BCUT2D eigenvalue weighted by molar-refractivity contribution is -0.118. The van der Waals surface area contributed by atoms with Gasteiger partial charge in [0, 0.05) is 28.3 Å². The number of fused-ring (bicyclic) bond motifs is 2. The Kier molecular flexibility index (Phi) is 4.53. The Morgan fingerprint density at radius 3 is 2.77 bits per heavy atom. The van der Waals surface area contributed by atoms with Crippen LogP contribution in [0.1, 0.15) is 0 Å². The van der Waals surface area contributed by atoms with E-state index in [-0.39, 0.29) is 12.5 Å². The van der Waals surface area contributed by atoms with Crippen molar-refractivity contribution >= 4 is 44.3 Å². The molecule has 5 aromatic rings. The number of hydrogen-bond donors (Lipinski definition) is 1. The zero-order chi connectivity index (χ0) is 20.5. The lowest BCUT2D eigenvalue weighted by Crippen LogP contribution is -2.20. The Balaban J connectivity index is 1.24. The van der Waals surface area contributed by atoms with Crippen molar-refractivity contribution in [2.75, 3.05) is 11.9 Å². The highest BCUT2D eigenvalue weighted by atomic mass is 32.1. The molecule has 0 bridgehead atoms. The molecule has 0 saturated carbocycles. The maximum Gasteiger partial charge on any atom is 0.336 e. The van der Waals surface area contributed by atoms with E-state index in [1.807, 2.05) is 35.7 Å². The maximum absolute atomic E-state index is 12.2. The quantitative estimate of drug-likeness (QED) is 0.417. The molecule has 0 fully saturated rings. The predicted octanol–water partition coefficient (Wildman–Crippen LogP) is 4.68. The molecule has 5 rings (SSSR count). The van der Waals surface area contributed by atoms with Crippen molar-refractivity contribution in [2.24, 2.45) is 0 Å². The van der Waals surface area contributed by atoms with Crippen LogP contribution in [0.3, 0.4) is 0 Å². The molecule has 1 amide bonds. The highest BCUT2D eigenvalue weighted by Gasteiger charge is 2.12. The minimum atomic E-state index is -0.443. The minimum Gasteiger partial charge on any atom is -0.484 e. The number of carbonyl (C=O) groups excluding carboxylic acids is 1. The first-order chi connectivity index (χ1) is 14.6. The van der Waals surface area contributed by atoms with Gasteiger partial charge in [0.1, 0.15) is 22.6 Å². The van der Waals surface area contributed by atoms with Gasteiger partial charge in [-0.3, -0.25) is 10.1 Å². The van der Waals surface area contributed by atoms with Gasteiger partial charge in [-0.25, -0.2) is 9.78 Å². The van der Waals surface area contributed by atoms with E-state index in [1.54, 1.807) is 24.3 Å². The average Bonchev–Trinajstić information content (AvgIpc) is 3.38. The van der Waals surface area contributed by atoms with Crippen molar-refractivity contribution in [3.63, 3.8) is 0 Å². The molecule has 3 heterocycles. The van der Waals surface area contributed by atoms with E-state index >= 15 is 0 Å². The molecule has 2 aromatic carbocycles. The number of para-hydroxylation sites is 1. The van der Waals surface area contributed by atoms with E-state index in [9.17, 15) is 9.59 Å². The van der Waals surface area contributed by atoms with Crippen LogP contribution in [0.4, 0.5) is 5.13 Å². The second-order valence-corrected chi connectivity index (χ2v) is 7.34. The molecule has 0 aliphatic carbocycles. The van der Waals surface area contributed by atoms with Gasteiger partial charge in [0.05, 0.1) is 0 Å². The number of furan rings is 1. The summed E-state index contributed by atoms with van der Waals surface area (Å²) < 4.78 is 16.4. The number of ether oxygens (including phenoxy) is 1. The average molecular weight is 418 g/mol. The summed E-state index contributed by atoms with van der Waals surface area (Å²) in [6.07, 6.45) is 0. The van der Waals surface area contributed by atoms with Crippen molar-refractivity contribution in [1.82, 2.24) is 4.98 Å². The van der Waals surface area contributed by atoms with Crippen LogP contribution in [0.25, 0.3) is 33.4 Å². The Morgan fingerprint density at radius 1 is 1.00 bits per heavy atom. The van der Waals surface area contributed by atoms with Crippen LogP contribution in [0.15, 0.2) is 79.7 Å². The van der Waals surface area contributed by atoms with Gasteiger partial charge < -0.3 is 13.6 Å². The number of benzene rings is 2. The SMILES string of the molecule is O=C(COc1ccc2ccc(=O)oc2c1)Nc1nc(-c2cc3ccccc3o2)cs1.